The van der Waals surface area contributed by atoms with Crippen LogP contribution in [0.5, 0.6) is 0 Å². The van der Waals surface area contributed by atoms with Gasteiger partial charge in [0, 0.05) is 35.9 Å². The molecule has 4 fully saturated rings. The third-order valence-electron chi connectivity index (χ3n) is 11.6. The number of rotatable bonds is 5. The molecule has 218 valence electrons. The second-order valence-corrected chi connectivity index (χ2v) is 13.4. The van der Waals surface area contributed by atoms with Crippen molar-refractivity contribution < 1.29 is 29.2 Å². The number of nitrogens with zero attached hydrogens (tertiary/aromatic N) is 1. The van der Waals surface area contributed by atoms with Crippen LogP contribution in [0.1, 0.15) is 77.6 Å². The topological polar surface area (TPSA) is 88.5 Å². The molecule has 0 aromatic carbocycles. The van der Waals surface area contributed by atoms with E-state index < -0.39 is 12.6 Å². The Hall–Kier alpha value is -2.09. The lowest BCUT2D eigenvalue weighted by Crippen LogP contribution is -2.65. The number of hydrogen-bond donors (Lipinski definition) is 2. The minimum atomic E-state index is -0.574. The minimum absolute atomic E-state index is 0.0152. The highest BCUT2D eigenvalue weighted by molar-refractivity contribution is 5.94. The van der Waals surface area contributed by atoms with Crippen molar-refractivity contribution in [3.63, 3.8) is 0 Å². The molecule has 0 spiro atoms. The highest BCUT2D eigenvalue weighted by atomic mass is 16.6. The van der Waals surface area contributed by atoms with Crippen molar-refractivity contribution in [1.82, 2.24) is 4.90 Å². The lowest BCUT2D eigenvalue weighted by Gasteiger charge is -2.57. The molecule has 9 atom stereocenters. The van der Waals surface area contributed by atoms with Crippen molar-refractivity contribution in [2.45, 2.75) is 102 Å². The van der Waals surface area contributed by atoms with E-state index in [0.717, 1.165) is 43.3 Å². The maximum atomic E-state index is 12.4. The van der Waals surface area contributed by atoms with Crippen LogP contribution >= 0.6 is 0 Å². The third-order valence-corrected chi connectivity index (χ3v) is 11.6. The Morgan fingerprint density at radius 2 is 1.85 bits per heavy atom. The van der Waals surface area contributed by atoms with Crippen molar-refractivity contribution in [1.29, 1.82) is 0 Å². The summed E-state index contributed by atoms with van der Waals surface area (Å²) in [6.07, 6.45) is 19.9. The Labute approximate surface area is 237 Å². The maximum Gasteiger partial charge on any atom is 0.345 e. The molecule has 0 aromatic rings. The van der Waals surface area contributed by atoms with Gasteiger partial charge in [-0.2, -0.15) is 0 Å². The van der Waals surface area contributed by atoms with Crippen LogP contribution in [-0.4, -0.2) is 59.0 Å². The van der Waals surface area contributed by atoms with Gasteiger partial charge in [0.1, 0.15) is 11.3 Å². The summed E-state index contributed by atoms with van der Waals surface area (Å²) in [6.45, 7) is 1.72. The quantitative estimate of drug-likeness (QED) is 0.369. The van der Waals surface area contributed by atoms with Gasteiger partial charge in [-0.3, -0.25) is 4.90 Å². The molecular weight excluding hydrogens is 506 g/mol. The van der Waals surface area contributed by atoms with Crippen molar-refractivity contribution in [3.8, 4) is 0 Å². The molecule has 3 saturated heterocycles. The summed E-state index contributed by atoms with van der Waals surface area (Å²) in [6, 6.07) is 0.862. The Kier molecular flexibility index (Phi) is 7.12. The maximum absolute atomic E-state index is 12.4. The summed E-state index contributed by atoms with van der Waals surface area (Å²) in [5.74, 6) is 4.04. The lowest BCUT2D eigenvalue weighted by molar-refractivity contribution is -0.134. The summed E-state index contributed by atoms with van der Waals surface area (Å²) in [4.78, 5) is 15.2. The molecule has 5 heterocycles. The first-order valence-electron chi connectivity index (χ1n) is 15.8. The number of ether oxygens (including phenoxy) is 3. The van der Waals surface area contributed by atoms with Gasteiger partial charge in [-0.25, -0.2) is 4.79 Å². The lowest BCUT2D eigenvalue weighted by atomic mass is 9.67. The van der Waals surface area contributed by atoms with Gasteiger partial charge < -0.3 is 24.4 Å². The molecule has 2 aliphatic carbocycles. The molecule has 7 heteroatoms. The number of piperidine rings is 2. The molecule has 2 N–H and O–H groups in total. The van der Waals surface area contributed by atoms with E-state index in [1.807, 2.05) is 0 Å². The fourth-order valence-electron chi connectivity index (χ4n) is 9.73. The fourth-order valence-corrected chi connectivity index (χ4v) is 9.73. The number of aliphatic hydroxyl groups is 2. The zero-order valence-corrected chi connectivity index (χ0v) is 24.0. The molecular formula is C33H45NO6. The molecule has 7 nitrogen and oxygen atoms in total. The third kappa shape index (κ3) is 4.21. The number of aliphatic hydroxyl groups excluding tert-OH is 2. The van der Waals surface area contributed by atoms with Gasteiger partial charge in [-0.15, -0.1) is 0 Å². The van der Waals surface area contributed by atoms with Crippen molar-refractivity contribution in [2.24, 2.45) is 35.5 Å². The number of carbonyl (C=O) groups is 1. The summed E-state index contributed by atoms with van der Waals surface area (Å²) in [7, 11) is 1.49. The summed E-state index contributed by atoms with van der Waals surface area (Å²) >= 11 is 0. The van der Waals surface area contributed by atoms with Gasteiger partial charge in [0.25, 0.3) is 0 Å². The fraction of sp³-hybridized carbons (Fsp3) is 0.727. The van der Waals surface area contributed by atoms with E-state index in [-0.39, 0.29) is 47.3 Å². The van der Waals surface area contributed by atoms with Crippen molar-refractivity contribution >= 4 is 5.97 Å². The average molecular weight is 552 g/mol. The van der Waals surface area contributed by atoms with Crippen LogP contribution in [0.15, 0.2) is 46.8 Å². The second kappa shape index (κ2) is 10.6. The van der Waals surface area contributed by atoms with E-state index in [0.29, 0.717) is 23.5 Å². The molecule has 2 bridgehead atoms. The van der Waals surface area contributed by atoms with Crippen LogP contribution in [-0.2, 0) is 19.0 Å². The monoisotopic (exact) mass is 551 g/mol. The molecule has 0 radical (unpaired) electrons. The van der Waals surface area contributed by atoms with E-state index in [1.165, 1.54) is 52.1 Å². The Morgan fingerprint density at radius 3 is 2.62 bits per heavy atom. The molecule has 1 saturated carbocycles. The molecule has 7 rings (SSSR count). The second-order valence-electron chi connectivity index (χ2n) is 13.4. The smallest absolute Gasteiger partial charge is 0.345 e. The highest BCUT2D eigenvalue weighted by Crippen LogP contribution is 2.54. The van der Waals surface area contributed by atoms with Crippen LogP contribution in [0, 0.1) is 35.5 Å². The Bertz CT molecular complexity index is 1150. The van der Waals surface area contributed by atoms with Gasteiger partial charge in [-0.1, -0.05) is 44.8 Å². The van der Waals surface area contributed by atoms with Crippen LogP contribution in [0.4, 0.5) is 0 Å². The first-order valence-corrected chi connectivity index (χ1v) is 15.8. The van der Waals surface area contributed by atoms with E-state index in [1.54, 1.807) is 0 Å². The van der Waals surface area contributed by atoms with Crippen LogP contribution < -0.4 is 0 Å². The first kappa shape index (κ1) is 26.8. The van der Waals surface area contributed by atoms with Gasteiger partial charge in [0.2, 0.25) is 5.76 Å². The normalized spacial score (nSPS) is 42.3. The zero-order valence-electron chi connectivity index (χ0n) is 24.0. The Balaban J connectivity index is 1.18. The highest BCUT2D eigenvalue weighted by Gasteiger charge is 2.56. The minimum Gasteiger partial charge on any atom is -0.492 e. The Morgan fingerprint density at radius 1 is 1.05 bits per heavy atom. The van der Waals surface area contributed by atoms with Gasteiger partial charge >= 0.3 is 5.97 Å². The van der Waals surface area contributed by atoms with Gasteiger partial charge in [0.05, 0.1) is 19.8 Å². The first-order chi connectivity index (χ1) is 19.5. The van der Waals surface area contributed by atoms with Gasteiger partial charge in [0.15, 0.2) is 11.5 Å². The summed E-state index contributed by atoms with van der Waals surface area (Å²) < 4.78 is 17.6. The standard InChI is InChI=1S/C33H45NO6/c1-18-27-25-14-11-20-10-12-23(13-15-26(27)39-30(18)32-31(38-2)24(17-35)33(37)40-32)34(25)28(20)29(36)22-9-5-8-21(16-22)19-6-3-4-7-19/h5,9,15,18-23,25,27-29,35-36H,3-4,6-8,10-14,16-17H2,1-2H3. The summed E-state index contributed by atoms with van der Waals surface area (Å²) in [5.41, 5.74) is 0.137. The number of carbonyl (C=O) groups excluding carboxylic acids is 1. The molecule has 0 aromatic heterocycles. The van der Waals surface area contributed by atoms with E-state index in [2.05, 4.69) is 30.1 Å². The number of methoxy groups -OCH3 is 1. The predicted octanol–water partition coefficient (Wildman–Crippen LogP) is 4.96. The van der Waals surface area contributed by atoms with E-state index in [4.69, 9.17) is 14.2 Å². The van der Waals surface area contributed by atoms with E-state index in [9.17, 15) is 15.0 Å². The largest absolute Gasteiger partial charge is 0.492 e. The van der Waals surface area contributed by atoms with Crippen LogP contribution in [0.3, 0.4) is 0 Å². The zero-order chi connectivity index (χ0) is 27.5. The van der Waals surface area contributed by atoms with E-state index >= 15 is 0 Å². The SMILES string of the molecule is COC1=C(CO)C(=O)OC1=C1OC2=CCC3CCC4CCC(C2C1C)N3C4C(O)C1C=CCC(C2CCCC2)C1. The number of cyclic esters (lactones) is 1. The molecule has 5 aliphatic heterocycles. The van der Waals surface area contributed by atoms with Crippen molar-refractivity contribution in [3.05, 3.63) is 46.8 Å². The average Bonchev–Trinajstić information content (AvgIpc) is 3.67. The predicted molar refractivity (Wildman–Crippen MR) is 149 cm³/mol. The molecule has 7 aliphatic rings. The molecule has 40 heavy (non-hydrogen) atoms. The molecule has 9 unspecified atom stereocenters. The van der Waals surface area contributed by atoms with Gasteiger partial charge in [-0.05, 0) is 68.8 Å². The number of fused-ring (bicyclic) bond motifs is 3. The number of allylic oxidation sites excluding steroid dienone is 2. The summed E-state index contributed by atoms with van der Waals surface area (Å²) in [5, 5.41) is 21.9. The number of hydrogen-bond acceptors (Lipinski definition) is 7. The molecule has 0 amide bonds. The van der Waals surface area contributed by atoms with Crippen LogP contribution in [0.25, 0.3) is 0 Å². The number of esters is 1. The van der Waals surface area contributed by atoms with Crippen LogP contribution in [0.2, 0.25) is 0 Å². The van der Waals surface area contributed by atoms with Crippen molar-refractivity contribution in [2.75, 3.05) is 13.7 Å².